The van der Waals surface area contributed by atoms with E-state index in [1.165, 1.54) is 21.9 Å². The maximum atomic E-state index is 5.63. The monoisotopic (exact) mass is 335 g/mol. The summed E-state index contributed by atoms with van der Waals surface area (Å²) in [6, 6.07) is 19.1. The van der Waals surface area contributed by atoms with Crippen LogP contribution in [-0.4, -0.2) is 26.2 Å². The smallest absolute Gasteiger partial charge is 0.129 e. The average molecular weight is 335 g/mol. The minimum Gasteiger partial charge on any atom is -0.496 e. The van der Waals surface area contributed by atoms with Crippen molar-refractivity contribution in [3.63, 3.8) is 0 Å². The molecule has 0 N–H and O–H groups in total. The van der Waals surface area contributed by atoms with Gasteiger partial charge in [0.15, 0.2) is 0 Å². The van der Waals surface area contributed by atoms with Crippen LogP contribution in [0.4, 0.5) is 0 Å². The van der Waals surface area contributed by atoms with Gasteiger partial charge in [-0.3, -0.25) is 4.90 Å². The fourth-order valence-electron chi connectivity index (χ4n) is 3.43. The lowest BCUT2D eigenvalue weighted by Gasteiger charge is -2.21. The molecule has 0 heterocycles. The number of hydrogen-bond acceptors (Lipinski definition) is 3. The Labute approximate surface area is 149 Å². The van der Waals surface area contributed by atoms with E-state index in [9.17, 15) is 0 Å². The number of rotatable bonds is 6. The first kappa shape index (κ1) is 17.3. The zero-order valence-electron chi connectivity index (χ0n) is 15.4. The molecular formula is C22H25NO2. The van der Waals surface area contributed by atoms with Gasteiger partial charge >= 0.3 is 0 Å². The van der Waals surface area contributed by atoms with Gasteiger partial charge in [-0.1, -0.05) is 48.5 Å². The second kappa shape index (κ2) is 7.58. The molecule has 0 amide bonds. The number of hydrogen-bond donors (Lipinski definition) is 0. The molecule has 0 bridgehead atoms. The molecule has 0 saturated carbocycles. The maximum absolute atomic E-state index is 5.63. The largest absolute Gasteiger partial charge is 0.496 e. The normalized spacial score (nSPS) is 11.1. The number of benzene rings is 3. The van der Waals surface area contributed by atoms with Crippen LogP contribution in [0.2, 0.25) is 0 Å². The van der Waals surface area contributed by atoms with Crippen LogP contribution in [-0.2, 0) is 13.1 Å². The Kier molecular flexibility index (Phi) is 5.25. The quantitative estimate of drug-likeness (QED) is 0.646. The van der Waals surface area contributed by atoms with E-state index >= 15 is 0 Å². The van der Waals surface area contributed by atoms with Crippen molar-refractivity contribution in [3.05, 3.63) is 71.3 Å². The standard InChI is InChI=1S/C22H25NO2/c1-16-21(24-3)13-12-19(22(16)25-4)15-23(2)14-18-10-7-9-17-8-5-6-11-20(17)18/h5-13H,14-15H2,1-4H3. The lowest BCUT2D eigenvalue weighted by Crippen LogP contribution is -2.18. The topological polar surface area (TPSA) is 21.7 Å². The van der Waals surface area contributed by atoms with Crippen molar-refractivity contribution in [1.29, 1.82) is 0 Å². The molecule has 0 aliphatic heterocycles. The zero-order valence-corrected chi connectivity index (χ0v) is 15.4. The Morgan fingerprint density at radius 1 is 0.800 bits per heavy atom. The molecule has 0 radical (unpaired) electrons. The van der Waals surface area contributed by atoms with Crippen LogP contribution in [0.5, 0.6) is 11.5 Å². The third-order valence-corrected chi connectivity index (χ3v) is 4.62. The molecule has 0 aliphatic carbocycles. The van der Waals surface area contributed by atoms with Crippen LogP contribution in [0.15, 0.2) is 54.6 Å². The van der Waals surface area contributed by atoms with Gasteiger partial charge in [0.1, 0.15) is 11.5 Å². The summed E-state index contributed by atoms with van der Waals surface area (Å²) in [5.41, 5.74) is 3.55. The van der Waals surface area contributed by atoms with Gasteiger partial charge in [-0.25, -0.2) is 0 Å². The van der Waals surface area contributed by atoms with Crippen LogP contribution in [0.1, 0.15) is 16.7 Å². The summed E-state index contributed by atoms with van der Waals surface area (Å²) in [6.07, 6.45) is 0. The Balaban J connectivity index is 1.83. The third kappa shape index (κ3) is 3.62. The van der Waals surface area contributed by atoms with Crippen molar-refractivity contribution in [1.82, 2.24) is 4.90 Å². The van der Waals surface area contributed by atoms with E-state index in [1.807, 2.05) is 13.0 Å². The number of nitrogens with zero attached hydrogens (tertiary/aromatic N) is 1. The van der Waals surface area contributed by atoms with Gasteiger partial charge in [-0.15, -0.1) is 0 Å². The van der Waals surface area contributed by atoms with E-state index in [2.05, 4.69) is 60.5 Å². The van der Waals surface area contributed by atoms with Crippen LogP contribution < -0.4 is 9.47 Å². The summed E-state index contributed by atoms with van der Waals surface area (Å²) in [6.45, 7) is 3.73. The average Bonchev–Trinajstić information content (AvgIpc) is 2.62. The SMILES string of the molecule is COc1ccc(CN(C)Cc2cccc3ccccc23)c(OC)c1C. The minimum absolute atomic E-state index is 0.817. The van der Waals surface area contributed by atoms with Gasteiger partial charge in [0.05, 0.1) is 14.2 Å². The molecule has 0 aliphatic rings. The van der Waals surface area contributed by atoms with Crippen molar-refractivity contribution in [2.75, 3.05) is 21.3 Å². The summed E-state index contributed by atoms with van der Waals surface area (Å²) >= 11 is 0. The van der Waals surface area contributed by atoms with Crippen LogP contribution in [0.3, 0.4) is 0 Å². The summed E-state index contributed by atoms with van der Waals surface area (Å²) in [7, 11) is 5.55. The highest BCUT2D eigenvalue weighted by Crippen LogP contribution is 2.32. The molecule has 3 aromatic rings. The van der Waals surface area contributed by atoms with E-state index < -0.39 is 0 Å². The van der Waals surface area contributed by atoms with E-state index in [4.69, 9.17) is 9.47 Å². The second-order valence-corrected chi connectivity index (χ2v) is 6.40. The molecule has 25 heavy (non-hydrogen) atoms. The number of methoxy groups -OCH3 is 2. The predicted octanol–water partition coefficient (Wildman–Crippen LogP) is 4.80. The van der Waals surface area contributed by atoms with Gasteiger partial charge in [-0.2, -0.15) is 0 Å². The van der Waals surface area contributed by atoms with Crippen LogP contribution >= 0.6 is 0 Å². The number of fused-ring (bicyclic) bond motifs is 1. The molecule has 0 fully saturated rings. The van der Waals surface area contributed by atoms with Crippen molar-refractivity contribution in [2.45, 2.75) is 20.0 Å². The van der Waals surface area contributed by atoms with E-state index in [0.29, 0.717) is 0 Å². The highest BCUT2D eigenvalue weighted by atomic mass is 16.5. The fourth-order valence-corrected chi connectivity index (χ4v) is 3.43. The molecule has 0 unspecified atom stereocenters. The van der Waals surface area contributed by atoms with E-state index in [-0.39, 0.29) is 0 Å². The maximum Gasteiger partial charge on any atom is 0.129 e. The molecule has 0 spiro atoms. The van der Waals surface area contributed by atoms with Gasteiger partial charge in [-0.05, 0) is 36.4 Å². The first-order chi connectivity index (χ1) is 12.1. The lowest BCUT2D eigenvalue weighted by molar-refractivity contribution is 0.309. The van der Waals surface area contributed by atoms with Crippen LogP contribution in [0, 0.1) is 6.92 Å². The van der Waals surface area contributed by atoms with Crippen LogP contribution in [0.25, 0.3) is 10.8 Å². The molecule has 130 valence electrons. The van der Waals surface area contributed by atoms with Gasteiger partial charge in [0.2, 0.25) is 0 Å². The Bertz CT molecular complexity index is 868. The van der Waals surface area contributed by atoms with Gasteiger partial charge in [0, 0.05) is 24.2 Å². The molecule has 3 nitrogen and oxygen atoms in total. The van der Waals surface area contributed by atoms with Crippen molar-refractivity contribution in [3.8, 4) is 11.5 Å². The highest BCUT2D eigenvalue weighted by Gasteiger charge is 2.13. The minimum atomic E-state index is 0.817. The van der Waals surface area contributed by atoms with Gasteiger partial charge < -0.3 is 9.47 Å². The summed E-state index contributed by atoms with van der Waals surface area (Å²) in [4.78, 5) is 2.31. The second-order valence-electron chi connectivity index (χ2n) is 6.40. The van der Waals surface area contributed by atoms with Crippen molar-refractivity contribution < 1.29 is 9.47 Å². The molecule has 3 heteroatoms. The molecule has 3 aromatic carbocycles. The molecular weight excluding hydrogens is 310 g/mol. The first-order valence-corrected chi connectivity index (χ1v) is 8.49. The van der Waals surface area contributed by atoms with Crippen molar-refractivity contribution >= 4 is 10.8 Å². The third-order valence-electron chi connectivity index (χ3n) is 4.62. The van der Waals surface area contributed by atoms with Gasteiger partial charge in [0.25, 0.3) is 0 Å². The summed E-state index contributed by atoms with van der Waals surface area (Å²) in [5, 5.41) is 2.60. The Morgan fingerprint density at radius 3 is 2.28 bits per heavy atom. The molecule has 0 aromatic heterocycles. The summed E-state index contributed by atoms with van der Waals surface area (Å²) < 4.78 is 11.0. The molecule has 0 saturated heterocycles. The first-order valence-electron chi connectivity index (χ1n) is 8.49. The lowest BCUT2D eigenvalue weighted by atomic mass is 10.0. The molecule has 3 rings (SSSR count). The van der Waals surface area contributed by atoms with E-state index in [1.54, 1.807) is 14.2 Å². The fraction of sp³-hybridized carbons (Fsp3) is 0.273. The predicted molar refractivity (Wildman–Crippen MR) is 103 cm³/mol. The van der Waals surface area contributed by atoms with Crippen molar-refractivity contribution in [2.24, 2.45) is 0 Å². The zero-order chi connectivity index (χ0) is 17.8. The molecule has 0 atom stereocenters. The Morgan fingerprint density at radius 2 is 1.52 bits per heavy atom. The Hall–Kier alpha value is -2.52. The summed E-state index contributed by atoms with van der Waals surface area (Å²) in [5.74, 6) is 1.77. The highest BCUT2D eigenvalue weighted by molar-refractivity contribution is 5.85. The van der Waals surface area contributed by atoms with E-state index in [0.717, 1.165) is 30.2 Å². The number of ether oxygens (including phenoxy) is 2.